The molecular weight excluding hydrogens is 236 g/mol. The van der Waals surface area contributed by atoms with Gasteiger partial charge in [-0.05, 0) is 26.7 Å². The van der Waals surface area contributed by atoms with Crippen molar-refractivity contribution in [2.75, 3.05) is 13.2 Å². The smallest absolute Gasteiger partial charge is 0.335 e. The van der Waals surface area contributed by atoms with Crippen molar-refractivity contribution in [3.8, 4) is 0 Å². The lowest BCUT2D eigenvalue weighted by Crippen LogP contribution is -2.28. The number of halogens is 1. The maximum atomic E-state index is 11.3. The Balaban J connectivity index is 2.25. The maximum Gasteiger partial charge on any atom is 0.335 e. The number of ether oxygens (including phenoxy) is 2. The lowest BCUT2D eigenvalue weighted by atomic mass is 10.2. The minimum Gasteiger partial charge on any atom is -0.462 e. The second kappa shape index (κ2) is 4.42. The fourth-order valence-electron chi connectivity index (χ4n) is 1.10. The molecule has 0 aliphatic carbocycles. The van der Waals surface area contributed by atoms with Crippen molar-refractivity contribution >= 4 is 21.9 Å². The highest BCUT2D eigenvalue weighted by Gasteiger charge is 2.26. The predicted molar refractivity (Wildman–Crippen MR) is 52.9 cm³/mol. The van der Waals surface area contributed by atoms with Crippen LogP contribution in [0.3, 0.4) is 0 Å². The van der Waals surface area contributed by atoms with Gasteiger partial charge in [-0.1, -0.05) is 15.9 Å². The summed E-state index contributed by atoms with van der Waals surface area (Å²) in [5.74, 6) is -0.231. The molecule has 1 aliphatic heterocycles. The average Bonchev–Trinajstić information content (AvgIpc) is 2.50. The number of rotatable bonds is 3. The standard InChI is InChI=1S/C9H15BrO3/c1-9(2,10)6-13-8(11)7-4-3-5-12-7/h7H,3-6H2,1-2H3. The van der Waals surface area contributed by atoms with Crippen molar-refractivity contribution in [2.24, 2.45) is 0 Å². The van der Waals surface area contributed by atoms with Crippen molar-refractivity contribution < 1.29 is 14.3 Å². The van der Waals surface area contributed by atoms with Gasteiger partial charge in [0.25, 0.3) is 0 Å². The molecule has 1 fully saturated rings. The molecule has 1 saturated heterocycles. The first kappa shape index (κ1) is 11.0. The Kier molecular flexibility index (Phi) is 3.74. The van der Waals surface area contributed by atoms with Gasteiger partial charge in [0.1, 0.15) is 6.61 Å². The predicted octanol–water partition coefficient (Wildman–Crippen LogP) is 1.88. The molecule has 1 atom stereocenters. The first-order valence-electron chi connectivity index (χ1n) is 4.46. The lowest BCUT2D eigenvalue weighted by molar-refractivity contribution is -0.154. The molecule has 0 saturated carbocycles. The number of alkyl halides is 1. The Bertz CT molecular complexity index is 180. The zero-order valence-electron chi connectivity index (χ0n) is 8.01. The van der Waals surface area contributed by atoms with Gasteiger partial charge in [-0.3, -0.25) is 0 Å². The van der Waals surface area contributed by atoms with Gasteiger partial charge in [0, 0.05) is 6.61 Å². The van der Waals surface area contributed by atoms with Crippen LogP contribution in [0.4, 0.5) is 0 Å². The molecule has 0 spiro atoms. The highest BCUT2D eigenvalue weighted by atomic mass is 79.9. The van der Waals surface area contributed by atoms with E-state index in [9.17, 15) is 4.79 Å². The van der Waals surface area contributed by atoms with Gasteiger partial charge in [-0.25, -0.2) is 4.79 Å². The van der Waals surface area contributed by atoms with Crippen LogP contribution in [0, 0.1) is 0 Å². The molecule has 76 valence electrons. The molecule has 0 aromatic carbocycles. The highest BCUT2D eigenvalue weighted by Crippen LogP contribution is 2.18. The zero-order valence-corrected chi connectivity index (χ0v) is 9.59. The van der Waals surface area contributed by atoms with E-state index in [1.165, 1.54) is 0 Å². The van der Waals surface area contributed by atoms with Gasteiger partial charge in [0.05, 0.1) is 4.32 Å². The van der Waals surface area contributed by atoms with Crippen LogP contribution in [-0.4, -0.2) is 29.6 Å². The number of hydrogen-bond donors (Lipinski definition) is 0. The minimum absolute atomic E-state index is 0.152. The van der Waals surface area contributed by atoms with E-state index in [0.717, 1.165) is 12.8 Å². The van der Waals surface area contributed by atoms with Gasteiger partial charge in [0.2, 0.25) is 0 Å². The van der Waals surface area contributed by atoms with Gasteiger partial charge < -0.3 is 9.47 Å². The van der Waals surface area contributed by atoms with Gasteiger partial charge in [-0.2, -0.15) is 0 Å². The summed E-state index contributed by atoms with van der Waals surface area (Å²) in [4.78, 5) is 11.3. The van der Waals surface area contributed by atoms with Crippen molar-refractivity contribution in [2.45, 2.75) is 37.1 Å². The van der Waals surface area contributed by atoms with Gasteiger partial charge in [0.15, 0.2) is 6.10 Å². The molecule has 13 heavy (non-hydrogen) atoms. The van der Waals surface area contributed by atoms with Gasteiger partial charge >= 0.3 is 5.97 Å². The van der Waals surface area contributed by atoms with Crippen LogP contribution in [0.15, 0.2) is 0 Å². The Morgan fingerprint density at radius 1 is 1.69 bits per heavy atom. The molecule has 0 amide bonds. The molecule has 3 nitrogen and oxygen atoms in total. The van der Waals surface area contributed by atoms with Crippen LogP contribution in [0.1, 0.15) is 26.7 Å². The van der Waals surface area contributed by atoms with E-state index in [1.807, 2.05) is 13.8 Å². The summed E-state index contributed by atoms with van der Waals surface area (Å²) in [6, 6.07) is 0. The van der Waals surface area contributed by atoms with Crippen molar-refractivity contribution in [1.82, 2.24) is 0 Å². The maximum absolute atomic E-state index is 11.3. The number of esters is 1. The van der Waals surface area contributed by atoms with E-state index in [4.69, 9.17) is 9.47 Å². The topological polar surface area (TPSA) is 35.5 Å². The Morgan fingerprint density at radius 2 is 2.38 bits per heavy atom. The van der Waals surface area contributed by atoms with Crippen LogP contribution in [0.2, 0.25) is 0 Å². The molecule has 0 bridgehead atoms. The van der Waals surface area contributed by atoms with E-state index in [1.54, 1.807) is 0 Å². The van der Waals surface area contributed by atoms with E-state index >= 15 is 0 Å². The fourth-order valence-corrected chi connectivity index (χ4v) is 1.21. The Hall–Kier alpha value is -0.0900. The molecule has 0 radical (unpaired) electrons. The third-order valence-electron chi connectivity index (χ3n) is 1.75. The monoisotopic (exact) mass is 250 g/mol. The molecular formula is C9H15BrO3. The molecule has 0 aromatic rings. The third kappa shape index (κ3) is 4.09. The summed E-state index contributed by atoms with van der Waals surface area (Å²) in [6.07, 6.45) is 1.42. The number of carbonyl (C=O) groups excluding carboxylic acids is 1. The number of carbonyl (C=O) groups is 1. The SMILES string of the molecule is CC(C)(Br)COC(=O)C1CCCO1. The summed E-state index contributed by atoms with van der Waals surface area (Å²) in [7, 11) is 0. The number of hydrogen-bond acceptors (Lipinski definition) is 3. The third-order valence-corrected chi connectivity index (χ3v) is 1.98. The largest absolute Gasteiger partial charge is 0.462 e. The van der Waals surface area contributed by atoms with Gasteiger partial charge in [-0.15, -0.1) is 0 Å². The molecule has 4 heteroatoms. The van der Waals surface area contributed by atoms with Crippen molar-refractivity contribution in [3.63, 3.8) is 0 Å². The summed E-state index contributed by atoms with van der Waals surface area (Å²) >= 11 is 3.40. The minimum atomic E-state index is -0.324. The fraction of sp³-hybridized carbons (Fsp3) is 0.889. The quantitative estimate of drug-likeness (QED) is 0.567. The van der Waals surface area contributed by atoms with E-state index in [-0.39, 0.29) is 16.4 Å². The highest BCUT2D eigenvalue weighted by molar-refractivity contribution is 9.10. The molecule has 1 unspecified atom stereocenters. The van der Waals surface area contributed by atoms with Crippen LogP contribution in [0.5, 0.6) is 0 Å². The van der Waals surface area contributed by atoms with E-state index < -0.39 is 0 Å². The molecule has 1 aliphatic rings. The van der Waals surface area contributed by atoms with Crippen LogP contribution >= 0.6 is 15.9 Å². The summed E-state index contributed by atoms with van der Waals surface area (Å²) in [5.41, 5.74) is 0. The second-order valence-corrected chi connectivity index (χ2v) is 5.97. The molecule has 0 aromatic heterocycles. The average molecular weight is 251 g/mol. The van der Waals surface area contributed by atoms with Crippen LogP contribution in [-0.2, 0) is 14.3 Å². The van der Waals surface area contributed by atoms with Crippen LogP contribution < -0.4 is 0 Å². The Morgan fingerprint density at radius 3 is 2.85 bits per heavy atom. The van der Waals surface area contributed by atoms with Crippen molar-refractivity contribution in [3.05, 3.63) is 0 Å². The summed E-state index contributed by atoms with van der Waals surface area (Å²) < 4.78 is 10.1. The zero-order chi connectivity index (χ0) is 9.90. The van der Waals surface area contributed by atoms with E-state index in [0.29, 0.717) is 13.2 Å². The lowest BCUT2D eigenvalue weighted by Gasteiger charge is -2.17. The van der Waals surface area contributed by atoms with Crippen molar-refractivity contribution in [1.29, 1.82) is 0 Å². The second-order valence-electron chi connectivity index (χ2n) is 3.83. The normalized spacial score (nSPS) is 23.2. The summed E-state index contributed by atoms with van der Waals surface area (Å²) in [5, 5.41) is 0. The summed E-state index contributed by atoms with van der Waals surface area (Å²) in [6.45, 7) is 4.97. The van der Waals surface area contributed by atoms with Crippen LogP contribution in [0.25, 0.3) is 0 Å². The van der Waals surface area contributed by atoms with E-state index in [2.05, 4.69) is 15.9 Å². The first-order chi connectivity index (χ1) is 5.99. The molecule has 1 heterocycles. The Labute approximate surface area is 86.9 Å². The first-order valence-corrected chi connectivity index (χ1v) is 5.25. The molecule has 1 rings (SSSR count). The molecule has 0 N–H and O–H groups in total.